The first kappa shape index (κ1) is 61.2. The summed E-state index contributed by atoms with van der Waals surface area (Å²) in [5, 5.41) is 22.2. The predicted octanol–water partition coefficient (Wildman–Crippen LogP) is 5.16. The van der Waals surface area contributed by atoms with Crippen LogP contribution in [0.2, 0.25) is 0 Å². The van der Waals surface area contributed by atoms with Crippen LogP contribution >= 0.6 is 0 Å². The monoisotopic (exact) mass is 869 g/mol. The van der Waals surface area contributed by atoms with Gasteiger partial charge in [-0.05, 0) is 63.2 Å². The van der Waals surface area contributed by atoms with E-state index in [1.54, 1.807) is 27.7 Å². The molecule has 16 nitrogen and oxygen atoms in total. The normalized spacial score (nSPS) is 22.9. The maximum Gasteiger partial charge on any atom is 0.259 e. The second-order valence-electron chi connectivity index (χ2n) is 16.2. The van der Waals surface area contributed by atoms with Gasteiger partial charge < -0.3 is 19.7 Å². The molecule has 0 aromatic carbocycles. The van der Waals surface area contributed by atoms with Gasteiger partial charge in [-0.25, -0.2) is 0 Å². The highest BCUT2D eigenvalue weighted by atomic mass is 16.5. The van der Waals surface area contributed by atoms with Gasteiger partial charge in [0, 0.05) is 60.6 Å². The van der Waals surface area contributed by atoms with Gasteiger partial charge in [0.05, 0.1) is 11.8 Å². The molecule has 0 aromatic heterocycles. The van der Waals surface area contributed by atoms with Crippen molar-refractivity contribution in [3.8, 4) is 0 Å². The molecule has 0 radical (unpaired) electrons. The van der Waals surface area contributed by atoms with Crippen molar-refractivity contribution in [1.29, 1.82) is 0 Å². The van der Waals surface area contributed by atoms with Crippen LogP contribution in [0.4, 0.5) is 0 Å². The first-order chi connectivity index (χ1) is 27.1. The van der Waals surface area contributed by atoms with E-state index in [2.05, 4.69) is 10.6 Å². The molecular formula is C45H80N4O12. The molecule has 4 fully saturated rings. The summed E-state index contributed by atoms with van der Waals surface area (Å²) in [6, 6.07) is 0. The Morgan fingerprint density at radius 3 is 1.15 bits per heavy atom. The number of aliphatic hydroxyl groups excluding tert-OH is 2. The number of likely N-dealkylation sites (tertiary alicyclic amines) is 1. The van der Waals surface area contributed by atoms with Crippen molar-refractivity contribution in [2.24, 2.45) is 47.3 Å². The third kappa shape index (κ3) is 16.9. The van der Waals surface area contributed by atoms with Gasteiger partial charge in [-0.1, -0.05) is 91.5 Å². The lowest BCUT2D eigenvalue weighted by atomic mass is 9.87. The highest BCUT2D eigenvalue weighted by Crippen LogP contribution is 2.31. The molecule has 0 saturated carbocycles. The Bertz CT molecular complexity index is 1530. The second-order valence-corrected chi connectivity index (χ2v) is 16.2. The Hall–Kier alpha value is -4.12. The SMILES string of the molecule is C.C.C.C1CCOC1.C1CCOC1.CC(C)C1C(=O)N(CO)C(=O)C1C.CC(C)C1C(=O)NC(=O)C1C.CC1=C(C(C)C)C(=O)N(CO)C1=O.CC1=C(C(C)C)C(=O)NC1=O. The van der Waals surface area contributed by atoms with E-state index in [9.17, 15) is 38.4 Å². The number of hydrogen-bond donors (Lipinski definition) is 4. The zero-order valence-electron chi connectivity index (χ0n) is 36.6. The Morgan fingerprint density at radius 2 is 0.967 bits per heavy atom. The van der Waals surface area contributed by atoms with E-state index in [-0.39, 0.29) is 117 Å². The summed E-state index contributed by atoms with van der Waals surface area (Å²) in [6.45, 7) is 25.0. The molecule has 6 heterocycles. The van der Waals surface area contributed by atoms with Crippen LogP contribution in [-0.4, -0.2) is 107 Å². The van der Waals surface area contributed by atoms with Gasteiger partial charge >= 0.3 is 0 Å². The molecule has 6 aliphatic rings. The Morgan fingerprint density at radius 1 is 0.541 bits per heavy atom. The lowest BCUT2D eigenvalue weighted by molar-refractivity contribution is -0.145. The Labute approximate surface area is 365 Å². The number of carbonyl (C=O) groups excluding carboxylic acids is 8. The average molecular weight is 869 g/mol. The molecule has 0 bridgehead atoms. The van der Waals surface area contributed by atoms with Gasteiger partial charge in [0.15, 0.2) is 0 Å². The van der Waals surface area contributed by atoms with Gasteiger partial charge in [0.25, 0.3) is 23.6 Å². The van der Waals surface area contributed by atoms with Crippen LogP contribution in [0.3, 0.4) is 0 Å². The molecule has 8 amide bonds. The number of nitrogens with zero attached hydrogens (tertiary/aromatic N) is 2. The number of amides is 8. The fourth-order valence-corrected chi connectivity index (χ4v) is 7.29. The zero-order valence-corrected chi connectivity index (χ0v) is 36.6. The molecule has 0 aliphatic carbocycles. The molecule has 352 valence electrons. The highest BCUT2D eigenvalue weighted by molar-refractivity contribution is 6.19. The van der Waals surface area contributed by atoms with Gasteiger partial charge in [-0.3, -0.25) is 58.8 Å². The summed E-state index contributed by atoms with van der Waals surface area (Å²) >= 11 is 0. The van der Waals surface area contributed by atoms with Crippen molar-refractivity contribution in [3.05, 3.63) is 22.3 Å². The fourth-order valence-electron chi connectivity index (χ4n) is 7.29. The van der Waals surface area contributed by atoms with E-state index in [0.29, 0.717) is 22.3 Å². The van der Waals surface area contributed by atoms with E-state index in [0.717, 1.165) is 36.2 Å². The van der Waals surface area contributed by atoms with Crippen molar-refractivity contribution < 1.29 is 58.0 Å². The minimum atomic E-state index is -0.536. The number of aliphatic hydroxyl groups is 2. The Kier molecular flexibility index (Phi) is 29.3. The molecule has 4 unspecified atom stereocenters. The highest BCUT2D eigenvalue weighted by Gasteiger charge is 2.46. The number of rotatable bonds is 6. The van der Waals surface area contributed by atoms with Crippen molar-refractivity contribution >= 4 is 47.3 Å². The smallest absolute Gasteiger partial charge is 0.259 e. The second kappa shape index (κ2) is 29.2. The maximum absolute atomic E-state index is 11.5. The molecular weight excluding hydrogens is 789 g/mol. The lowest BCUT2D eigenvalue weighted by Gasteiger charge is -2.14. The number of ether oxygens (including phenoxy) is 2. The largest absolute Gasteiger partial charge is 0.381 e. The summed E-state index contributed by atoms with van der Waals surface area (Å²) < 4.78 is 9.89. The number of imide groups is 4. The van der Waals surface area contributed by atoms with E-state index in [4.69, 9.17) is 19.7 Å². The van der Waals surface area contributed by atoms with Crippen LogP contribution in [0.15, 0.2) is 22.3 Å². The molecule has 4 atom stereocenters. The molecule has 4 saturated heterocycles. The third-order valence-corrected chi connectivity index (χ3v) is 10.4. The van der Waals surface area contributed by atoms with Crippen LogP contribution in [0.5, 0.6) is 0 Å². The first-order valence-corrected chi connectivity index (χ1v) is 20.3. The zero-order chi connectivity index (χ0) is 44.6. The summed E-state index contributed by atoms with van der Waals surface area (Å²) in [6.07, 6.45) is 5.11. The number of nitrogens with one attached hydrogen (secondary N) is 2. The lowest BCUT2D eigenvalue weighted by Crippen LogP contribution is -2.32. The molecule has 0 spiro atoms. The molecule has 6 aliphatic heterocycles. The van der Waals surface area contributed by atoms with Crippen LogP contribution in [0.25, 0.3) is 0 Å². The quantitative estimate of drug-likeness (QED) is 0.254. The van der Waals surface area contributed by atoms with Crippen molar-refractivity contribution in [3.63, 3.8) is 0 Å². The van der Waals surface area contributed by atoms with Crippen LogP contribution in [-0.2, 0) is 47.8 Å². The van der Waals surface area contributed by atoms with Gasteiger partial charge in [-0.2, -0.15) is 0 Å². The van der Waals surface area contributed by atoms with Crippen LogP contribution in [0.1, 0.15) is 131 Å². The summed E-state index contributed by atoms with van der Waals surface area (Å²) in [5.41, 5.74) is 2.15. The predicted molar refractivity (Wildman–Crippen MR) is 235 cm³/mol. The number of carbonyl (C=O) groups is 8. The fraction of sp³-hybridized carbons (Fsp3) is 0.733. The standard InChI is InChI=1S/C9H15NO3.C9H13NO3.C8H13NO2.C8H11NO2.2C4H8O.3CH4/c2*1-5(2)7-6(3)8(12)10(4-11)9(7)13;2*1-4(2)6-5(3)7(10)9-8(6)11;2*1-2-4-5-3-1;;;/h5-7,11H,4H2,1-3H3;5,11H,4H2,1-3H3;4-6H,1-3H3,(H,9,10,11);4H,1-3H3,(H,9,10,11);2*1-4H2;3*1H4. The number of hydrogen-bond acceptors (Lipinski definition) is 12. The van der Waals surface area contributed by atoms with E-state index in [1.807, 2.05) is 55.4 Å². The van der Waals surface area contributed by atoms with Gasteiger partial charge in [0.1, 0.15) is 13.5 Å². The van der Waals surface area contributed by atoms with E-state index < -0.39 is 13.5 Å². The minimum Gasteiger partial charge on any atom is -0.381 e. The molecule has 0 aromatic rings. The van der Waals surface area contributed by atoms with Gasteiger partial charge in [-0.15, -0.1) is 0 Å². The van der Waals surface area contributed by atoms with E-state index >= 15 is 0 Å². The minimum absolute atomic E-state index is 0. The molecule has 4 N–H and O–H groups in total. The van der Waals surface area contributed by atoms with Gasteiger partial charge in [0.2, 0.25) is 23.6 Å². The van der Waals surface area contributed by atoms with Crippen molar-refractivity contribution in [2.75, 3.05) is 39.9 Å². The van der Waals surface area contributed by atoms with Crippen LogP contribution in [0, 0.1) is 47.3 Å². The average Bonchev–Trinajstić information content (AvgIpc) is 4.00. The molecule has 6 rings (SSSR count). The topological polar surface area (TPSA) is 226 Å². The van der Waals surface area contributed by atoms with Crippen molar-refractivity contribution in [1.82, 2.24) is 20.4 Å². The van der Waals surface area contributed by atoms with E-state index in [1.165, 1.54) is 25.7 Å². The molecule has 16 heteroatoms. The van der Waals surface area contributed by atoms with Crippen molar-refractivity contribution in [2.45, 2.75) is 131 Å². The third-order valence-electron chi connectivity index (χ3n) is 10.4. The Balaban J connectivity index is -0.000000673. The summed E-state index contributed by atoms with van der Waals surface area (Å²) in [4.78, 5) is 91.6. The first-order valence-electron chi connectivity index (χ1n) is 20.3. The maximum atomic E-state index is 11.5. The summed E-state index contributed by atoms with van der Waals surface area (Å²) in [7, 11) is 0. The molecule has 61 heavy (non-hydrogen) atoms. The summed E-state index contributed by atoms with van der Waals surface area (Å²) in [5.74, 6) is -2.26. The van der Waals surface area contributed by atoms with Crippen LogP contribution < -0.4 is 10.6 Å².